The summed E-state index contributed by atoms with van der Waals surface area (Å²) in [7, 11) is 0. The molecule has 20 heavy (non-hydrogen) atoms. The Balaban J connectivity index is 2.00. The first-order valence-corrected chi connectivity index (χ1v) is 8.12. The highest BCUT2D eigenvalue weighted by Crippen LogP contribution is 2.30. The van der Waals surface area contributed by atoms with E-state index in [1.807, 2.05) is 6.92 Å². The van der Waals surface area contributed by atoms with Crippen LogP contribution >= 0.6 is 11.3 Å². The first-order valence-electron chi connectivity index (χ1n) is 7.30. The first kappa shape index (κ1) is 15.1. The number of nitrogens with two attached hydrogens (primary N) is 1. The van der Waals surface area contributed by atoms with Crippen LogP contribution in [0.15, 0.2) is 0 Å². The minimum Gasteiger partial charge on any atom is -0.382 e. The van der Waals surface area contributed by atoms with E-state index in [1.54, 1.807) is 0 Å². The summed E-state index contributed by atoms with van der Waals surface area (Å²) < 4.78 is 0. The SMILES string of the molecule is CCNc1nc(N)c(C(=O)NC2CC(C)CC(C)C2)s1. The van der Waals surface area contributed by atoms with Gasteiger partial charge in [0, 0.05) is 12.6 Å². The van der Waals surface area contributed by atoms with Gasteiger partial charge in [-0.1, -0.05) is 25.2 Å². The number of rotatable bonds is 4. The fourth-order valence-corrected chi connectivity index (χ4v) is 3.89. The number of hydrogen-bond acceptors (Lipinski definition) is 5. The molecular formula is C14H24N4OS. The monoisotopic (exact) mass is 296 g/mol. The van der Waals surface area contributed by atoms with Gasteiger partial charge in [-0.2, -0.15) is 0 Å². The summed E-state index contributed by atoms with van der Waals surface area (Å²) in [5.74, 6) is 1.57. The van der Waals surface area contributed by atoms with Crippen molar-refractivity contribution in [1.29, 1.82) is 0 Å². The number of carbonyl (C=O) groups is 1. The third-order valence-corrected chi connectivity index (χ3v) is 4.73. The number of nitrogens with zero attached hydrogens (tertiary/aromatic N) is 1. The van der Waals surface area contributed by atoms with Crippen LogP contribution in [0.1, 0.15) is 49.7 Å². The van der Waals surface area contributed by atoms with Crippen LogP contribution in [0.2, 0.25) is 0 Å². The van der Waals surface area contributed by atoms with Crippen molar-refractivity contribution < 1.29 is 4.79 Å². The van der Waals surface area contributed by atoms with Crippen molar-refractivity contribution in [3.05, 3.63) is 4.88 Å². The largest absolute Gasteiger partial charge is 0.382 e. The number of nitrogens with one attached hydrogen (secondary N) is 2. The molecule has 6 heteroatoms. The molecule has 1 aromatic rings. The summed E-state index contributed by atoms with van der Waals surface area (Å²) in [6.45, 7) is 7.26. The quantitative estimate of drug-likeness (QED) is 0.798. The first-order chi connectivity index (χ1) is 9.49. The summed E-state index contributed by atoms with van der Waals surface area (Å²) in [5.41, 5.74) is 5.83. The molecule has 1 amide bonds. The minimum absolute atomic E-state index is 0.0875. The van der Waals surface area contributed by atoms with Crippen LogP contribution in [-0.2, 0) is 0 Å². The molecule has 1 aliphatic rings. The number of hydrogen-bond donors (Lipinski definition) is 3. The van der Waals surface area contributed by atoms with Crippen LogP contribution in [-0.4, -0.2) is 23.5 Å². The van der Waals surface area contributed by atoms with Gasteiger partial charge < -0.3 is 16.4 Å². The maximum Gasteiger partial charge on any atom is 0.265 e. The molecule has 2 unspecified atom stereocenters. The molecule has 0 aromatic carbocycles. The highest BCUT2D eigenvalue weighted by Gasteiger charge is 2.26. The standard InChI is InChI=1S/C14H24N4OS/c1-4-16-14-18-12(15)11(20-14)13(19)17-10-6-8(2)5-9(3)7-10/h8-10H,4-7,15H2,1-3H3,(H,16,18)(H,17,19). The van der Waals surface area contributed by atoms with Crippen molar-refractivity contribution in [1.82, 2.24) is 10.3 Å². The van der Waals surface area contributed by atoms with Gasteiger partial charge in [0.05, 0.1) is 0 Å². The molecular weight excluding hydrogens is 272 g/mol. The van der Waals surface area contributed by atoms with Gasteiger partial charge in [0.25, 0.3) is 5.91 Å². The number of aromatic nitrogens is 1. The van der Waals surface area contributed by atoms with Gasteiger partial charge in [0.1, 0.15) is 10.7 Å². The molecule has 0 saturated heterocycles. The third kappa shape index (κ3) is 3.62. The third-order valence-electron chi connectivity index (χ3n) is 3.70. The predicted molar refractivity (Wildman–Crippen MR) is 84.1 cm³/mol. The maximum absolute atomic E-state index is 12.3. The van der Waals surface area contributed by atoms with E-state index in [2.05, 4.69) is 29.5 Å². The molecule has 1 heterocycles. The average molecular weight is 296 g/mol. The van der Waals surface area contributed by atoms with E-state index < -0.39 is 0 Å². The lowest BCUT2D eigenvalue weighted by molar-refractivity contribution is 0.0916. The predicted octanol–water partition coefficient (Wildman–Crippen LogP) is 2.71. The van der Waals surface area contributed by atoms with Gasteiger partial charge >= 0.3 is 0 Å². The normalized spacial score (nSPS) is 26.2. The Hall–Kier alpha value is -1.30. The van der Waals surface area contributed by atoms with Crippen molar-refractivity contribution in [2.45, 2.75) is 46.1 Å². The number of nitrogen functional groups attached to an aromatic ring is 1. The van der Waals surface area contributed by atoms with Crippen molar-refractivity contribution >= 4 is 28.2 Å². The Kier molecular flexibility index (Phi) is 4.86. The van der Waals surface area contributed by atoms with Gasteiger partial charge in [0.15, 0.2) is 5.13 Å². The van der Waals surface area contributed by atoms with Gasteiger partial charge in [-0.3, -0.25) is 4.79 Å². The van der Waals surface area contributed by atoms with Gasteiger partial charge in [-0.25, -0.2) is 4.98 Å². The maximum atomic E-state index is 12.3. The second-order valence-corrected chi connectivity index (χ2v) is 6.85. The van der Waals surface area contributed by atoms with E-state index >= 15 is 0 Å². The molecule has 0 spiro atoms. The molecule has 112 valence electrons. The lowest BCUT2D eigenvalue weighted by Gasteiger charge is -2.31. The second kappa shape index (κ2) is 6.43. The smallest absolute Gasteiger partial charge is 0.265 e. The number of anilines is 2. The van der Waals surface area contributed by atoms with E-state index in [-0.39, 0.29) is 11.9 Å². The summed E-state index contributed by atoms with van der Waals surface area (Å²) >= 11 is 1.32. The zero-order chi connectivity index (χ0) is 14.7. The number of thiazole rings is 1. The summed E-state index contributed by atoms with van der Waals surface area (Å²) in [6.07, 6.45) is 3.35. The van der Waals surface area contributed by atoms with Crippen LogP contribution in [0.5, 0.6) is 0 Å². The fraction of sp³-hybridized carbons (Fsp3) is 0.714. The van der Waals surface area contributed by atoms with Gasteiger partial charge in [-0.15, -0.1) is 0 Å². The highest BCUT2D eigenvalue weighted by molar-refractivity contribution is 7.18. The molecule has 0 radical (unpaired) electrons. The van der Waals surface area contributed by atoms with E-state index in [4.69, 9.17) is 5.73 Å². The van der Waals surface area contributed by atoms with E-state index in [1.165, 1.54) is 17.8 Å². The summed E-state index contributed by atoms with van der Waals surface area (Å²) in [6, 6.07) is 0.255. The Morgan fingerprint density at radius 1 is 1.35 bits per heavy atom. The molecule has 1 aromatic heterocycles. The van der Waals surface area contributed by atoms with Crippen LogP contribution in [0, 0.1) is 11.8 Å². The lowest BCUT2D eigenvalue weighted by Crippen LogP contribution is -2.39. The van der Waals surface area contributed by atoms with Crippen LogP contribution in [0.25, 0.3) is 0 Å². The molecule has 1 fully saturated rings. The molecule has 5 nitrogen and oxygen atoms in total. The molecule has 4 N–H and O–H groups in total. The van der Waals surface area contributed by atoms with E-state index in [9.17, 15) is 4.79 Å². The zero-order valence-electron chi connectivity index (χ0n) is 12.4. The van der Waals surface area contributed by atoms with Gasteiger partial charge in [0.2, 0.25) is 0 Å². The topological polar surface area (TPSA) is 80.0 Å². The Morgan fingerprint density at radius 3 is 2.60 bits per heavy atom. The number of carbonyl (C=O) groups excluding carboxylic acids is 1. The zero-order valence-corrected chi connectivity index (χ0v) is 13.2. The second-order valence-electron chi connectivity index (χ2n) is 5.85. The molecule has 1 aliphatic carbocycles. The summed E-state index contributed by atoms with van der Waals surface area (Å²) in [5, 5.41) is 6.91. The average Bonchev–Trinajstić information content (AvgIpc) is 2.69. The fourth-order valence-electron chi connectivity index (χ4n) is 3.04. The minimum atomic E-state index is -0.0875. The molecule has 2 rings (SSSR count). The van der Waals surface area contributed by atoms with Crippen molar-refractivity contribution in [3.63, 3.8) is 0 Å². The molecule has 0 bridgehead atoms. The highest BCUT2D eigenvalue weighted by atomic mass is 32.1. The van der Waals surface area contributed by atoms with Gasteiger partial charge in [-0.05, 0) is 38.0 Å². The van der Waals surface area contributed by atoms with Crippen LogP contribution in [0.4, 0.5) is 10.9 Å². The molecule has 0 aliphatic heterocycles. The Morgan fingerprint density at radius 2 is 2.00 bits per heavy atom. The number of amides is 1. The Bertz CT molecular complexity index is 464. The van der Waals surface area contributed by atoms with Crippen LogP contribution in [0.3, 0.4) is 0 Å². The summed E-state index contributed by atoms with van der Waals surface area (Å²) in [4.78, 5) is 17.0. The molecule has 2 atom stereocenters. The van der Waals surface area contributed by atoms with Crippen molar-refractivity contribution in [3.8, 4) is 0 Å². The van der Waals surface area contributed by atoms with E-state index in [0.717, 1.165) is 19.4 Å². The molecule has 1 saturated carbocycles. The van der Waals surface area contributed by atoms with Crippen molar-refractivity contribution in [2.24, 2.45) is 11.8 Å². The Labute approximate surface area is 124 Å². The van der Waals surface area contributed by atoms with Crippen LogP contribution < -0.4 is 16.4 Å². The van der Waals surface area contributed by atoms with Crippen molar-refractivity contribution in [2.75, 3.05) is 17.6 Å². The van der Waals surface area contributed by atoms with E-state index in [0.29, 0.717) is 27.7 Å². The lowest BCUT2D eigenvalue weighted by atomic mass is 9.80.